The Morgan fingerprint density at radius 1 is 1.03 bits per heavy atom. The van der Waals surface area contributed by atoms with E-state index in [9.17, 15) is 13.2 Å². The number of ether oxygens (including phenoxy) is 1. The van der Waals surface area contributed by atoms with E-state index in [1.165, 1.54) is 4.31 Å². The highest BCUT2D eigenvalue weighted by atomic mass is 35.5. The molecular weight excluding hydrogens is 448 g/mol. The molecule has 0 radical (unpaired) electrons. The number of hydrogen-bond acceptors (Lipinski definition) is 4. The second-order valence-electron chi connectivity index (χ2n) is 8.61. The van der Waals surface area contributed by atoms with Gasteiger partial charge in [-0.3, -0.25) is 4.79 Å². The fourth-order valence-electron chi connectivity index (χ4n) is 4.63. The van der Waals surface area contributed by atoms with Gasteiger partial charge in [0.2, 0.25) is 15.9 Å². The van der Waals surface area contributed by atoms with Gasteiger partial charge in [0.1, 0.15) is 0 Å². The Hall–Kier alpha value is -1.93. The summed E-state index contributed by atoms with van der Waals surface area (Å²) in [5.41, 5.74) is 0.991. The molecule has 0 aliphatic carbocycles. The van der Waals surface area contributed by atoms with Gasteiger partial charge in [-0.1, -0.05) is 41.9 Å². The van der Waals surface area contributed by atoms with Gasteiger partial charge in [-0.2, -0.15) is 4.31 Å². The standard InChI is InChI=1S/C24H29ClN2O4S/c25-21-8-6-20(7-9-21)24(12-16-31-17-13-24)18-26-23(28)19-10-14-27(15-11-19)32(29,30)22-4-2-1-3-5-22/h1-9,19H,10-18H2,(H,26,28). The van der Waals surface area contributed by atoms with Crippen molar-refractivity contribution in [3.8, 4) is 0 Å². The summed E-state index contributed by atoms with van der Waals surface area (Å²) >= 11 is 6.07. The van der Waals surface area contributed by atoms with Gasteiger partial charge in [-0.25, -0.2) is 8.42 Å². The summed E-state index contributed by atoms with van der Waals surface area (Å²) in [6.45, 7) is 2.57. The van der Waals surface area contributed by atoms with E-state index >= 15 is 0 Å². The number of nitrogens with one attached hydrogen (secondary N) is 1. The maximum atomic E-state index is 13.0. The Balaban J connectivity index is 1.37. The highest BCUT2D eigenvalue weighted by Gasteiger charge is 2.37. The van der Waals surface area contributed by atoms with Crippen molar-refractivity contribution in [3.63, 3.8) is 0 Å². The first-order chi connectivity index (χ1) is 15.4. The molecule has 2 fully saturated rings. The highest BCUT2D eigenvalue weighted by Crippen LogP contribution is 2.35. The molecule has 32 heavy (non-hydrogen) atoms. The minimum Gasteiger partial charge on any atom is -0.381 e. The number of amides is 1. The highest BCUT2D eigenvalue weighted by molar-refractivity contribution is 7.89. The maximum Gasteiger partial charge on any atom is 0.243 e. The molecular formula is C24H29ClN2O4S. The number of halogens is 1. The molecule has 0 bridgehead atoms. The van der Waals surface area contributed by atoms with Crippen LogP contribution >= 0.6 is 11.6 Å². The van der Waals surface area contributed by atoms with Crippen LogP contribution in [0.3, 0.4) is 0 Å². The fourth-order valence-corrected chi connectivity index (χ4v) is 6.25. The maximum absolute atomic E-state index is 13.0. The molecule has 6 nitrogen and oxygen atoms in total. The van der Waals surface area contributed by atoms with Crippen molar-refractivity contribution in [2.24, 2.45) is 5.92 Å². The van der Waals surface area contributed by atoms with E-state index < -0.39 is 10.0 Å². The van der Waals surface area contributed by atoms with Crippen LogP contribution in [-0.4, -0.2) is 51.5 Å². The Labute approximate surface area is 195 Å². The van der Waals surface area contributed by atoms with Crippen LogP contribution in [0, 0.1) is 5.92 Å². The monoisotopic (exact) mass is 476 g/mol. The third kappa shape index (κ3) is 5.01. The number of carbonyl (C=O) groups excluding carboxylic acids is 1. The number of piperidine rings is 1. The summed E-state index contributed by atoms with van der Waals surface area (Å²) in [5, 5.41) is 3.86. The summed E-state index contributed by atoms with van der Waals surface area (Å²) in [6.07, 6.45) is 2.72. The summed E-state index contributed by atoms with van der Waals surface area (Å²) in [5.74, 6) is -0.180. The normalized spacial score (nSPS) is 20.0. The number of carbonyl (C=O) groups is 1. The minimum atomic E-state index is -3.51. The Kier molecular flexibility index (Phi) is 7.20. The summed E-state index contributed by atoms with van der Waals surface area (Å²) in [7, 11) is -3.51. The van der Waals surface area contributed by atoms with Crippen molar-refractivity contribution in [2.75, 3.05) is 32.8 Å². The van der Waals surface area contributed by atoms with Crippen LogP contribution in [0.2, 0.25) is 5.02 Å². The van der Waals surface area contributed by atoms with Crippen molar-refractivity contribution in [1.82, 2.24) is 9.62 Å². The molecule has 8 heteroatoms. The third-order valence-electron chi connectivity index (χ3n) is 6.71. The number of benzene rings is 2. The van der Waals surface area contributed by atoms with Crippen LogP contribution in [0.5, 0.6) is 0 Å². The van der Waals surface area contributed by atoms with Gasteiger partial charge in [-0.15, -0.1) is 0 Å². The average molecular weight is 477 g/mol. The van der Waals surface area contributed by atoms with Crippen LogP contribution in [0.4, 0.5) is 0 Å². The van der Waals surface area contributed by atoms with E-state index in [-0.39, 0.29) is 17.2 Å². The van der Waals surface area contributed by atoms with Gasteiger partial charge in [0.15, 0.2) is 0 Å². The second kappa shape index (κ2) is 9.91. The number of sulfonamides is 1. The van der Waals surface area contributed by atoms with Crippen LogP contribution in [0.1, 0.15) is 31.2 Å². The van der Waals surface area contributed by atoms with E-state index in [0.29, 0.717) is 55.6 Å². The van der Waals surface area contributed by atoms with Crippen LogP contribution in [0.15, 0.2) is 59.5 Å². The van der Waals surface area contributed by atoms with Crippen molar-refractivity contribution >= 4 is 27.5 Å². The van der Waals surface area contributed by atoms with E-state index in [1.807, 2.05) is 24.3 Å². The smallest absolute Gasteiger partial charge is 0.243 e. The van der Waals surface area contributed by atoms with E-state index in [1.54, 1.807) is 30.3 Å². The molecule has 0 atom stereocenters. The quantitative estimate of drug-likeness (QED) is 0.691. The van der Waals surface area contributed by atoms with Gasteiger partial charge >= 0.3 is 0 Å². The summed E-state index contributed by atoms with van der Waals surface area (Å²) < 4.78 is 32.7. The molecule has 2 aliphatic rings. The molecule has 2 saturated heterocycles. The predicted molar refractivity (Wildman–Crippen MR) is 124 cm³/mol. The lowest BCUT2D eigenvalue weighted by atomic mass is 9.74. The van der Waals surface area contributed by atoms with Crippen LogP contribution in [-0.2, 0) is 25.0 Å². The molecule has 172 valence electrons. The lowest BCUT2D eigenvalue weighted by Crippen LogP contribution is -2.48. The van der Waals surface area contributed by atoms with Crippen LogP contribution in [0.25, 0.3) is 0 Å². The third-order valence-corrected chi connectivity index (χ3v) is 8.88. The molecule has 0 aromatic heterocycles. The zero-order valence-corrected chi connectivity index (χ0v) is 19.6. The zero-order valence-electron chi connectivity index (χ0n) is 18.0. The van der Waals surface area contributed by atoms with E-state index in [2.05, 4.69) is 5.32 Å². The van der Waals surface area contributed by atoms with Crippen molar-refractivity contribution in [1.29, 1.82) is 0 Å². The zero-order chi connectivity index (χ0) is 22.6. The largest absolute Gasteiger partial charge is 0.381 e. The van der Waals surface area contributed by atoms with Crippen LogP contribution < -0.4 is 5.32 Å². The number of nitrogens with zero attached hydrogens (tertiary/aromatic N) is 1. The molecule has 2 aliphatic heterocycles. The van der Waals surface area contributed by atoms with Gasteiger partial charge in [-0.05, 0) is 55.5 Å². The molecule has 1 amide bonds. The number of rotatable bonds is 6. The lowest BCUT2D eigenvalue weighted by Gasteiger charge is -2.38. The molecule has 4 rings (SSSR count). The Morgan fingerprint density at radius 3 is 2.28 bits per heavy atom. The molecule has 2 aromatic rings. The minimum absolute atomic E-state index is 0.00147. The first-order valence-electron chi connectivity index (χ1n) is 11.1. The van der Waals surface area contributed by atoms with E-state index in [4.69, 9.17) is 16.3 Å². The molecule has 0 unspecified atom stereocenters. The Morgan fingerprint density at radius 2 is 1.66 bits per heavy atom. The molecule has 0 saturated carbocycles. The van der Waals surface area contributed by atoms with E-state index in [0.717, 1.165) is 18.4 Å². The Bertz CT molecular complexity index is 1010. The second-order valence-corrected chi connectivity index (χ2v) is 11.0. The summed E-state index contributed by atoms with van der Waals surface area (Å²) in [4.78, 5) is 13.3. The molecule has 2 aromatic carbocycles. The number of hydrogen-bond donors (Lipinski definition) is 1. The predicted octanol–water partition coefficient (Wildman–Crippen LogP) is 3.61. The SMILES string of the molecule is O=C(NCC1(c2ccc(Cl)cc2)CCOCC1)C1CCN(S(=O)(=O)c2ccccc2)CC1. The molecule has 1 N–H and O–H groups in total. The molecule has 2 heterocycles. The topological polar surface area (TPSA) is 75.7 Å². The van der Waals surface area contributed by atoms with Crippen molar-refractivity contribution in [2.45, 2.75) is 36.0 Å². The van der Waals surface area contributed by atoms with Gasteiger partial charge in [0.05, 0.1) is 4.90 Å². The summed E-state index contributed by atoms with van der Waals surface area (Å²) in [6, 6.07) is 16.3. The first-order valence-corrected chi connectivity index (χ1v) is 12.9. The lowest BCUT2D eigenvalue weighted by molar-refractivity contribution is -0.126. The van der Waals surface area contributed by atoms with Gasteiger partial charge in [0.25, 0.3) is 0 Å². The fraction of sp³-hybridized carbons (Fsp3) is 0.458. The van der Waals surface area contributed by atoms with Crippen molar-refractivity contribution in [3.05, 3.63) is 65.2 Å². The average Bonchev–Trinajstić information content (AvgIpc) is 2.84. The van der Waals surface area contributed by atoms with Gasteiger partial charge < -0.3 is 10.1 Å². The van der Waals surface area contributed by atoms with Crippen molar-refractivity contribution < 1.29 is 17.9 Å². The molecule has 0 spiro atoms. The first kappa shape index (κ1) is 23.2. The van der Waals surface area contributed by atoms with Gasteiger partial charge in [0, 0.05) is 49.2 Å².